The van der Waals surface area contributed by atoms with E-state index in [1.165, 1.54) is 0 Å². The Hall–Kier alpha value is -0.650. The second-order valence-electron chi connectivity index (χ2n) is 7.14. The summed E-state index contributed by atoms with van der Waals surface area (Å²) >= 11 is 0. The molecule has 5 rings (SSSR count). The highest BCUT2D eigenvalue weighted by Gasteiger charge is 2.69. The monoisotopic (exact) mass is 282 g/mol. The molecule has 4 aliphatic heterocycles. The van der Waals surface area contributed by atoms with Crippen LogP contribution in [0.4, 0.5) is 0 Å². The van der Waals surface area contributed by atoms with Gasteiger partial charge in [0.25, 0.3) is 0 Å². The Morgan fingerprint density at radius 3 is 2.70 bits per heavy atom. The van der Waals surface area contributed by atoms with E-state index in [9.17, 15) is 4.79 Å². The molecule has 2 bridgehead atoms. The SMILES string of the molecule is C[C@@H]1CC[C@H]2[C@@H](C)C(=O)O[C@@H]3OC4(C)CCC1[C@]32OO4. The maximum absolute atomic E-state index is 12.1. The molecule has 20 heavy (non-hydrogen) atoms. The van der Waals surface area contributed by atoms with Crippen LogP contribution in [0, 0.1) is 23.7 Å². The van der Waals surface area contributed by atoms with E-state index < -0.39 is 17.7 Å². The summed E-state index contributed by atoms with van der Waals surface area (Å²) < 4.78 is 11.6. The van der Waals surface area contributed by atoms with Gasteiger partial charge in [-0.3, -0.25) is 4.79 Å². The van der Waals surface area contributed by atoms with Gasteiger partial charge >= 0.3 is 5.97 Å². The molecule has 0 aromatic carbocycles. The highest BCUT2D eigenvalue weighted by Crippen LogP contribution is 2.59. The third kappa shape index (κ3) is 1.46. The molecule has 1 spiro atoms. The lowest BCUT2D eigenvalue weighted by Gasteiger charge is -2.57. The molecule has 5 heteroatoms. The van der Waals surface area contributed by atoms with Crippen LogP contribution < -0.4 is 0 Å². The predicted octanol–water partition coefficient (Wildman–Crippen LogP) is 2.39. The number of hydrogen-bond acceptors (Lipinski definition) is 5. The van der Waals surface area contributed by atoms with Gasteiger partial charge in [-0.05, 0) is 32.1 Å². The van der Waals surface area contributed by atoms with Crippen LogP contribution in [0.5, 0.6) is 0 Å². The maximum atomic E-state index is 12.1. The van der Waals surface area contributed by atoms with Crippen molar-refractivity contribution in [2.75, 3.05) is 0 Å². The van der Waals surface area contributed by atoms with Crippen LogP contribution in [0.15, 0.2) is 0 Å². The first-order chi connectivity index (χ1) is 9.46. The quantitative estimate of drug-likeness (QED) is 0.504. The summed E-state index contributed by atoms with van der Waals surface area (Å²) in [4.78, 5) is 23.7. The Morgan fingerprint density at radius 2 is 1.90 bits per heavy atom. The zero-order valence-electron chi connectivity index (χ0n) is 12.3. The first-order valence-electron chi connectivity index (χ1n) is 7.71. The van der Waals surface area contributed by atoms with Crippen molar-refractivity contribution in [3.05, 3.63) is 0 Å². The van der Waals surface area contributed by atoms with Gasteiger partial charge in [0.05, 0.1) is 5.92 Å². The number of carbonyl (C=O) groups is 1. The average Bonchev–Trinajstić information content (AvgIpc) is 2.63. The van der Waals surface area contributed by atoms with Gasteiger partial charge in [-0.15, -0.1) is 0 Å². The molecule has 0 radical (unpaired) electrons. The van der Waals surface area contributed by atoms with Crippen molar-refractivity contribution in [3.8, 4) is 0 Å². The van der Waals surface area contributed by atoms with E-state index in [2.05, 4.69) is 6.92 Å². The molecule has 5 fully saturated rings. The Morgan fingerprint density at radius 1 is 1.10 bits per heavy atom. The van der Waals surface area contributed by atoms with Crippen molar-refractivity contribution in [2.45, 2.75) is 64.1 Å². The fraction of sp³-hybridized carbons (Fsp3) is 0.933. The van der Waals surface area contributed by atoms with E-state index >= 15 is 0 Å². The zero-order chi connectivity index (χ0) is 14.1. The van der Waals surface area contributed by atoms with Crippen LogP contribution in [-0.2, 0) is 24.0 Å². The number of carbonyl (C=O) groups excluding carboxylic acids is 1. The lowest BCUT2D eigenvalue weighted by atomic mass is 9.58. The first kappa shape index (κ1) is 13.0. The third-order valence-electron chi connectivity index (χ3n) is 5.97. The molecule has 0 amide bonds. The third-order valence-corrected chi connectivity index (χ3v) is 5.97. The van der Waals surface area contributed by atoms with Crippen molar-refractivity contribution < 1.29 is 24.0 Å². The van der Waals surface area contributed by atoms with Gasteiger partial charge in [0, 0.05) is 18.3 Å². The fourth-order valence-corrected chi connectivity index (χ4v) is 4.76. The van der Waals surface area contributed by atoms with Crippen LogP contribution in [0.2, 0.25) is 0 Å². The van der Waals surface area contributed by atoms with Gasteiger partial charge < -0.3 is 9.47 Å². The van der Waals surface area contributed by atoms with Crippen molar-refractivity contribution in [2.24, 2.45) is 23.7 Å². The van der Waals surface area contributed by atoms with Gasteiger partial charge in [-0.1, -0.05) is 13.8 Å². The van der Waals surface area contributed by atoms with Gasteiger partial charge in [0.1, 0.15) is 0 Å². The molecule has 1 aliphatic carbocycles. The molecule has 7 atom stereocenters. The van der Waals surface area contributed by atoms with Gasteiger partial charge in [-0.2, -0.15) is 0 Å². The van der Waals surface area contributed by atoms with E-state index in [-0.39, 0.29) is 17.8 Å². The minimum absolute atomic E-state index is 0.123. The standard InChI is InChI=1S/C15H22O5/c1-8-4-5-11-9(2)12(16)17-13-15(11)10(8)6-7-14(3,18-13)19-20-15/h8-11,13H,4-7H2,1-3H3/t8-,9-,10?,11+,13-,14?,15-/m1/s1. The number of fused-ring (bicyclic) bond motifs is 2. The van der Waals surface area contributed by atoms with Crippen molar-refractivity contribution in [1.29, 1.82) is 0 Å². The molecule has 1 saturated carbocycles. The molecule has 5 nitrogen and oxygen atoms in total. The number of hydrogen-bond donors (Lipinski definition) is 0. The van der Waals surface area contributed by atoms with Crippen LogP contribution in [0.3, 0.4) is 0 Å². The Bertz CT molecular complexity index is 452. The van der Waals surface area contributed by atoms with Crippen LogP contribution in [0.25, 0.3) is 0 Å². The summed E-state index contributed by atoms with van der Waals surface area (Å²) in [6, 6.07) is 0. The van der Waals surface area contributed by atoms with E-state index in [0.29, 0.717) is 11.8 Å². The Labute approximate surface area is 118 Å². The molecule has 112 valence electrons. The van der Waals surface area contributed by atoms with E-state index in [0.717, 1.165) is 25.7 Å². The van der Waals surface area contributed by atoms with E-state index in [1.807, 2.05) is 13.8 Å². The fourth-order valence-electron chi connectivity index (χ4n) is 4.76. The summed E-state index contributed by atoms with van der Waals surface area (Å²) in [5.74, 6) is -0.137. The normalized spacial score (nSPS) is 57.8. The smallest absolute Gasteiger partial charge is 0.311 e. The molecule has 0 N–H and O–H groups in total. The molecular weight excluding hydrogens is 260 g/mol. The lowest BCUT2D eigenvalue weighted by molar-refractivity contribution is -0.559. The highest BCUT2D eigenvalue weighted by molar-refractivity contribution is 5.74. The lowest BCUT2D eigenvalue weighted by Crippen LogP contribution is -2.69. The minimum atomic E-state index is -0.793. The van der Waals surface area contributed by atoms with Crippen molar-refractivity contribution in [3.63, 3.8) is 0 Å². The Kier molecular flexibility index (Phi) is 2.58. The summed E-state index contributed by atoms with van der Waals surface area (Å²) in [6.45, 7) is 6.06. The average molecular weight is 282 g/mol. The molecular formula is C15H22O5. The molecule has 2 unspecified atom stereocenters. The van der Waals surface area contributed by atoms with E-state index in [4.69, 9.17) is 19.2 Å². The van der Waals surface area contributed by atoms with Crippen LogP contribution in [0.1, 0.15) is 46.5 Å². The van der Waals surface area contributed by atoms with Gasteiger partial charge in [-0.25, -0.2) is 9.78 Å². The summed E-state index contributed by atoms with van der Waals surface area (Å²) in [5, 5.41) is 0. The van der Waals surface area contributed by atoms with Gasteiger partial charge in [0.15, 0.2) is 5.60 Å². The molecule has 4 heterocycles. The van der Waals surface area contributed by atoms with Gasteiger partial charge in [0.2, 0.25) is 12.1 Å². The molecule has 5 aliphatic rings. The largest absolute Gasteiger partial charge is 0.432 e. The molecule has 0 aromatic heterocycles. The van der Waals surface area contributed by atoms with Crippen LogP contribution in [-0.4, -0.2) is 23.6 Å². The number of rotatable bonds is 0. The predicted molar refractivity (Wildman–Crippen MR) is 68.0 cm³/mol. The molecule has 0 aromatic rings. The van der Waals surface area contributed by atoms with Crippen molar-refractivity contribution in [1.82, 2.24) is 0 Å². The summed E-state index contributed by atoms with van der Waals surface area (Å²) in [7, 11) is 0. The number of ether oxygens (including phenoxy) is 2. The Balaban J connectivity index is 1.84. The summed E-state index contributed by atoms with van der Waals surface area (Å²) in [5.41, 5.74) is -0.610. The van der Waals surface area contributed by atoms with Crippen LogP contribution >= 0.6 is 0 Å². The topological polar surface area (TPSA) is 54.0 Å². The maximum Gasteiger partial charge on any atom is 0.311 e. The molecule has 4 saturated heterocycles. The summed E-state index contributed by atoms with van der Waals surface area (Å²) in [6.07, 6.45) is 3.24. The zero-order valence-corrected chi connectivity index (χ0v) is 12.3. The highest BCUT2D eigenvalue weighted by atomic mass is 17.3. The van der Waals surface area contributed by atoms with Crippen molar-refractivity contribution >= 4 is 5.97 Å². The minimum Gasteiger partial charge on any atom is -0.432 e. The van der Waals surface area contributed by atoms with E-state index in [1.54, 1.807) is 0 Å². The second-order valence-corrected chi connectivity index (χ2v) is 7.14. The first-order valence-corrected chi connectivity index (χ1v) is 7.71. The number of esters is 1. The second kappa shape index (κ2) is 3.96.